The van der Waals surface area contributed by atoms with Crippen LogP contribution >= 0.6 is 0 Å². The number of piperazine rings is 1. The van der Waals surface area contributed by atoms with Gasteiger partial charge in [-0.15, -0.1) is 0 Å². The van der Waals surface area contributed by atoms with Gasteiger partial charge in [0.1, 0.15) is 5.54 Å². The molecule has 19 heavy (non-hydrogen) atoms. The van der Waals surface area contributed by atoms with E-state index in [0.29, 0.717) is 18.5 Å². The predicted molar refractivity (Wildman–Crippen MR) is 75.4 cm³/mol. The van der Waals surface area contributed by atoms with Gasteiger partial charge in [0.15, 0.2) is 0 Å². The van der Waals surface area contributed by atoms with Crippen LogP contribution in [0.3, 0.4) is 0 Å². The maximum Gasteiger partial charge on any atom is 0.245 e. The number of guanidine groups is 1. The normalized spacial score (nSPS) is 25.1. The van der Waals surface area contributed by atoms with Crippen molar-refractivity contribution in [2.75, 3.05) is 13.1 Å². The molecule has 1 saturated carbocycles. The molecule has 1 amide bonds. The Morgan fingerprint density at radius 3 is 2.74 bits per heavy atom. The van der Waals surface area contributed by atoms with E-state index in [2.05, 4.69) is 10.7 Å². The van der Waals surface area contributed by atoms with Crippen LogP contribution in [0.4, 0.5) is 0 Å². The number of rotatable bonds is 1. The lowest BCUT2D eigenvalue weighted by Crippen LogP contribution is -2.66. The Labute approximate surface area is 114 Å². The number of carbonyl (C=O) groups is 1. The number of hydrogen-bond donors (Lipinski definition) is 3. The zero-order valence-corrected chi connectivity index (χ0v) is 11.9. The number of nitrogens with two attached hydrogens (primary N) is 1. The van der Waals surface area contributed by atoms with Crippen molar-refractivity contribution in [1.29, 1.82) is 0 Å². The number of aliphatic imine (C=N–C) groups is 1. The average molecular weight is 267 g/mol. The van der Waals surface area contributed by atoms with E-state index in [1.165, 1.54) is 19.3 Å². The van der Waals surface area contributed by atoms with E-state index in [1.807, 2.05) is 18.7 Å². The van der Waals surface area contributed by atoms with Crippen molar-refractivity contribution in [2.45, 2.75) is 57.5 Å². The Balaban J connectivity index is 2.15. The molecule has 2 rings (SSSR count). The van der Waals surface area contributed by atoms with Crippen LogP contribution in [0.5, 0.6) is 0 Å². The summed E-state index contributed by atoms with van der Waals surface area (Å²) < 4.78 is 0. The molecule has 0 radical (unpaired) electrons. The number of nitrogens with one attached hydrogen (secondary N) is 2. The summed E-state index contributed by atoms with van der Waals surface area (Å²) in [6, 6.07) is 0.334. The first-order chi connectivity index (χ1) is 9.05. The Kier molecular flexibility index (Phi) is 4.29. The van der Waals surface area contributed by atoms with Gasteiger partial charge in [0.25, 0.3) is 0 Å². The molecular weight excluding hydrogens is 242 g/mol. The van der Waals surface area contributed by atoms with Crippen molar-refractivity contribution in [2.24, 2.45) is 10.8 Å². The lowest BCUT2D eigenvalue weighted by atomic mass is 9.96. The van der Waals surface area contributed by atoms with Gasteiger partial charge >= 0.3 is 0 Å². The van der Waals surface area contributed by atoms with Gasteiger partial charge in [-0.1, -0.05) is 19.3 Å². The van der Waals surface area contributed by atoms with Crippen LogP contribution in [-0.4, -0.2) is 41.4 Å². The summed E-state index contributed by atoms with van der Waals surface area (Å²) in [6.07, 6.45) is 6.00. The van der Waals surface area contributed by atoms with E-state index >= 15 is 0 Å². The number of hydrazine groups is 1. The minimum absolute atomic E-state index is 0.0188. The lowest BCUT2D eigenvalue weighted by molar-refractivity contribution is -0.132. The van der Waals surface area contributed by atoms with Crippen LogP contribution < -0.4 is 16.6 Å². The molecule has 2 fully saturated rings. The van der Waals surface area contributed by atoms with Gasteiger partial charge in [-0.25, -0.2) is 10.8 Å². The molecule has 0 aromatic rings. The molecule has 108 valence electrons. The van der Waals surface area contributed by atoms with Crippen molar-refractivity contribution in [1.82, 2.24) is 15.6 Å². The summed E-state index contributed by atoms with van der Waals surface area (Å²) in [5.74, 6) is 6.30. The number of nitrogens with zero attached hydrogens (tertiary/aromatic N) is 2. The standard InChI is InChI=1S/C13H25N5O/c1-13(2)11(19)15-8-9-18(13)12(17-14)16-10-6-4-3-5-7-10/h10H,3-9,14H2,1-2H3,(H,15,19)(H,16,17). The minimum atomic E-state index is -0.613. The topological polar surface area (TPSA) is 82.8 Å². The second-order valence-corrected chi connectivity index (χ2v) is 5.86. The van der Waals surface area contributed by atoms with Crippen molar-refractivity contribution in [3.63, 3.8) is 0 Å². The molecule has 6 heteroatoms. The molecule has 4 N–H and O–H groups in total. The fourth-order valence-corrected chi connectivity index (χ4v) is 2.84. The first-order valence-corrected chi connectivity index (χ1v) is 7.16. The van der Waals surface area contributed by atoms with Crippen molar-refractivity contribution >= 4 is 11.9 Å². The van der Waals surface area contributed by atoms with Crippen LogP contribution in [0.15, 0.2) is 4.99 Å². The number of carbonyl (C=O) groups excluding carboxylic acids is 1. The molecule has 1 saturated heterocycles. The summed E-state index contributed by atoms with van der Waals surface area (Å²) in [6.45, 7) is 5.16. The third-order valence-corrected chi connectivity index (χ3v) is 4.12. The molecule has 6 nitrogen and oxygen atoms in total. The maximum atomic E-state index is 12.0. The zero-order valence-electron chi connectivity index (χ0n) is 11.9. The Morgan fingerprint density at radius 1 is 1.42 bits per heavy atom. The molecule has 1 aliphatic carbocycles. The zero-order chi connectivity index (χ0) is 13.9. The van der Waals surface area contributed by atoms with Crippen LogP contribution in [0.1, 0.15) is 46.0 Å². The Bertz CT molecular complexity index is 360. The first-order valence-electron chi connectivity index (χ1n) is 7.16. The highest BCUT2D eigenvalue weighted by atomic mass is 16.2. The molecule has 1 aliphatic heterocycles. The van der Waals surface area contributed by atoms with Gasteiger partial charge in [-0.2, -0.15) is 0 Å². The maximum absolute atomic E-state index is 12.0. The first kappa shape index (κ1) is 14.1. The SMILES string of the molecule is CC1(C)C(=O)NCCN1C(=NC1CCCCC1)NN. The predicted octanol–water partition coefficient (Wildman–Crippen LogP) is 0.349. The van der Waals surface area contributed by atoms with Crippen molar-refractivity contribution in [3.8, 4) is 0 Å². The molecule has 0 bridgehead atoms. The largest absolute Gasteiger partial charge is 0.352 e. The summed E-state index contributed by atoms with van der Waals surface area (Å²) in [5, 5.41) is 2.88. The molecule has 2 aliphatic rings. The van der Waals surface area contributed by atoms with Crippen LogP contribution in [0.25, 0.3) is 0 Å². The fourth-order valence-electron chi connectivity index (χ4n) is 2.84. The molecule has 0 unspecified atom stereocenters. The Morgan fingerprint density at radius 2 is 2.11 bits per heavy atom. The Hall–Kier alpha value is -1.30. The van der Waals surface area contributed by atoms with Crippen molar-refractivity contribution in [3.05, 3.63) is 0 Å². The highest BCUT2D eigenvalue weighted by Gasteiger charge is 2.39. The number of amides is 1. The second kappa shape index (κ2) is 5.77. The highest BCUT2D eigenvalue weighted by molar-refractivity contribution is 5.92. The van der Waals surface area contributed by atoms with Gasteiger partial charge in [-0.3, -0.25) is 10.2 Å². The fraction of sp³-hybridized carbons (Fsp3) is 0.846. The third kappa shape index (κ3) is 3.00. The summed E-state index contributed by atoms with van der Waals surface area (Å²) >= 11 is 0. The molecule has 0 spiro atoms. The highest BCUT2D eigenvalue weighted by Crippen LogP contribution is 2.22. The van der Waals surface area contributed by atoms with Gasteiger partial charge in [0.05, 0.1) is 6.04 Å². The molecular formula is C13H25N5O. The smallest absolute Gasteiger partial charge is 0.245 e. The van der Waals surface area contributed by atoms with Gasteiger partial charge in [0, 0.05) is 13.1 Å². The van der Waals surface area contributed by atoms with Gasteiger partial charge in [0.2, 0.25) is 11.9 Å². The van der Waals surface area contributed by atoms with E-state index in [0.717, 1.165) is 19.4 Å². The summed E-state index contributed by atoms with van der Waals surface area (Å²) in [4.78, 5) is 18.7. The average Bonchev–Trinajstić information content (AvgIpc) is 2.41. The molecule has 0 atom stereocenters. The summed E-state index contributed by atoms with van der Waals surface area (Å²) in [7, 11) is 0. The monoisotopic (exact) mass is 267 g/mol. The molecule has 1 heterocycles. The van der Waals surface area contributed by atoms with E-state index in [-0.39, 0.29) is 5.91 Å². The van der Waals surface area contributed by atoms with Gasteiger partial charge < -0.3 is 10.2 Å². The second-order valence-electron chi connectivity index (χ2n) is 5.86. The lowest BCUT2D eigenvalue weighted by Gasteiger charge is -2.43. The van der Waals surface area contributed by atoms with Crippen LogP contribution in [0, 0.1) is 0 Å². The van der Waals surface area contributed by atoms with E-state index < -0.39 is 5.54 Å². The van der Waals surface area contributed by atoms with E-state index in [1.54, 1.807) is 0 Å². The third-order valence-electron chi connectivity index (χ3n) is 4.12. The van der Waals surface area contributed by atoms with E-state index in [9.17, 15) is 4.79 Å². The van der Waals surface area contributed by atoms with Crippen LogP contribution in [-0.2, 0) is 4.79 Å². The van der Waals surface area contributed by atoms with Crippen molar-refractivity contribution < 1.29 is 4.79 Å². The molecule has 0 aromatic heterocycles. The number of hydrogen-bond acceptors (Lipinski definition) is 3. The summed E-state index contributed by atoms with van der Waals surface area (Å²) in [5.41, 5.74) is 2.08. The van der Waals surface area contributed by atoms with Gasteiger partial charge in [-0.05, 0) is 26.7 Å². The molecule has 0 aromatic carbocycles. The van der Waals surface area contributed by atoms with E-state index in [4.69, 9.17) is 10.8 Å². The quantitative estimate of drug-likeness (QED) is 0.277. The van der Waals surface area contributed by atoms with Crippen LogP contribution in [0.2, 0.25) is 0 Å². The minimum Gasteiger partial charge on any atom is -0.352 e.